The average molecular weight is 339 g/mol. The number of carbonyl (C=O) groups is 2. The molecule has 2 atom stereocenters. The summed E-state index contributed by atoms with van der Waals surface area (Å²) < 4.78 is 0. The average Bonchev–Trinajstić information content (AvgIpc) is 2.62. The van der Waals surface area contributed by atoms with Crippen molar-refractivity contribution in [2.45, 2.75) is 32.4 Å². The van der Waals surface area contributed by atoms with Crippen LogP contribution in [0.2, 0.25) is 0 Å². The van der Waals surface area contributed by atoms with Gasteiger partial charge in [-0.25, -0.2) is 0 Å². The number of nitrogens with one attached hydrogen (secondary N) is 2. The van der Waals surface area contributed by atoms with E-state index in [1.54, 1.807) is 0 Å². The Labute approximate surface area is 148 Å². The second-order valence-corrected chi connectivity index (χ2v) is 6.66. The molecular weight excluding hydrogens is 314 g/mol. The molecule has 5 nitrogen and oxygen atoms in total. The first-order chi connectivity index (χ1) is 12.1. The standard InChI is InChI=1S/C20H25N3O2/c1-14-15(2)23(11-10-21-14)20(25)13-22-19(24)12-17-8-5-7-16-6-3-4-9-18(16)17/h3-9,14-15,21H,10-13H2,1-2H3,(H,22,24). The molecule has 5 heteroatoms. The number of carbonyl (C=O) groups excluding carboxylic acids is 2. The highest BCUT2D eigenvalue weighted by molar-refractivity contribution is 5.91. The molecule has 0 spiro atoms. The molecule has 25 heavy (non-hydrogen) atoms. The van der Waals surface area contributed by atoms with Gasteiger partial charge in [-0.2, -0.15) is 0 Å². The van der Waals surface area contributed by atoms with E-state index in [-0.39, 0.29) is 36.9 Å². The summed E-state index contributed by atoms with van der Waals surface area (Å²) in [6.07, 6.45) is 0.280. The minimum absolute atomic E-state index is 0.0212. The van der Waals surface area contributed by atoms with Crippen LogP contribution in [0.3, 0.4) is 0 Å². The number of fused-ring (bicyclic) bond motifs is 1. The van der Waals surface area contributed by atoms with Gasteiger partial charge in [-0.1, -0.05) is 42.5 Å². The van der Waals surface area contributed by atoms with Crippen LogP contribution in [0.15, 0.2) is 42.5 Å². The Morgan fingerprint density at radius 2 is 1.92 bits per heavy atom. The summed E-state index contributed by atoms with van der Waals surface area (Å²) >= 11 is 0. The molecule has 132 valence electrons. The Morgan fingerprint density at radius 3 is 2.76 bits per heavy atom. The second kappa shape index (κ2) is 7.66. The van der Waals surface area contributed by atoms with Crippen molar-refractivity contribution in [2.75, 3.05) is 19.6 Å². The molecule has 2 N–H and O–H groups in total. The Morgan fingerprint density at radius 1 is 1.16 bits per heavy atom. The second-order valence-electron chi connectivity index (χ2n) is 6.66. The van der Waals surface area contributed by atoms with E-state index < -0.39 is 0 Å². The van der Waals surface area contributed by atoms with E-state index in [0.717, 1.165) is 22.9 Å². The topological polar surface area (TPSA) is 61.4 Å². The van der Waals surface area contributed by atoms with E-state index in [2.05, 4.69) is 17.6 Å². The molecule has 0 radical (unpaired) electrons. The fraction of sp³-hybridized carbons (Fsp3) is 0.400. The molecule has 0 saturated carbocycles. The normalized spacial score (nSPS) is 20.5. The van der Waals surface area contributed by atoms with E-state index in [1.807, 2.05) is 54.3 Å². The molecule has 3 rings (SSSR count). The van der Waals surface area contributed by atoms with Gasteiger partial charge in [0.05, 0.1) is 13.0 Å². The molecule has 2 unspecified atom stereocenters. The number of nitrogens with zero attached hydrogens (tertiary/aromatic N) is 1. The lowest BCUT2D eigenvalue weighted by molar-refractivity contribution is -0.135. The number of amides is 2. The third-order valence-electron chi connectivity index (χ3n) is 5.02. The van der Waals surface area contributed by atoms with E-state index in [4.69, 9.17) is 0 Å². The van der Waals surface area contributed by atoms with Crippen molar-refractivity contribution in [3.8, 4) is 0 Å². The van der Waals surface area contributed by atoms with Gasteiger partial charge in [0.25, 0.3) is 0 Å². The number of hydrogen-bond acceptors (Lipinski definition) is 3. The summed E-state index contributed by atoms with van der Waals surface area (Å²) in [7, 11) is 0. The zero-order valence-corrected chi connectivity index (χ0v) is 14.8. The first kappa shape index (κ1) is 17.4. The summed E-state index contributed by atoms with van der Waals surface area (Å²) in [4.78, 5) is 26.5. The number of rotatable bonds is 4. The van der Waals surface area contributed by atoms with Gasteiger partial charge in [0, 0.05) is 25.2 Å². The zero-order chi connectivity index (χ0) is 17.8. The Kier molecular flexibility index (Phi) is 5.34. The fourth-order valence-electron chi connectivity index (χ4n) is 3.37. The zero-order valence-electron chi connectivity index (χ0n) is 14.8. The molecule has 0 aromatic heterocycles. The Hall–Kier alpha value is -2.40. The summed E-state index contributed by atoms with van der Waals surface area (Å²) in [5, 5.41) is 8.33. The van der Waals surface area contributed by atoms with E-state index in [1.165, 1.54) is 0 Å². The summed E-state index contributed by atoms with van der Waals surface area (Å²) in [6.45, 7) is 5.64. The van der Waals surface area contributed by atoms with E-state index in [9.17, 15) is 9.59 Å². The highest BCUT2D eigenvalue weighted by Crippen LogP contribution is 2.18. The van der Waals surface area contributed by atoms with Gasteiger partial charge in [0.1, 0.15) is 0 Å². The lowest BCUT2D eigenvalue weighted by Crippen LogP contribution is -2.58. The van der Waals surface area contributed by atoms with Crippen molar-refractivity contribution in [1.29, 1.82) is 0 Å². The molecular formula is C20H25N3O2. The molecule has 0 aliphatic carbocycles. The van der Waals surface area contributed by atoms with Gasteiger partial charge in [0.15, 0.2) is 0 Å². The molecule has 1 aliphatic heterocycles. The van der Waals surface area contributed by atoms with Gasteiger partial charge in [-0.3, -0.25) is 9.59 Å². The number of benzene rings is 2. The van der Waals surface area contributed by atoms with Crippen LogP contribution in [0, 0.1) is 0 Å². The van der Waals surface area contributed by atoms with Crippen LogP contribution in [0.5, 0.6) is 0 Å². The first-order valence-electron chi connectivity index (χ1n) is 8.82. The molecule has 0 bridgehead atoms. The van der Waals surface area contributed by atoms with Crippen LogP contribution >= 0.6 is 0 Å². The lowest BCUT2D eigenvalue weighted by Gasteiger charge is -2.38. The summed E-state index contributed by atoms with van der Waals surface area (Å²) in [5.41, 5.74) is 0.979. The highest BCUT2D eigenvalue weighted by Gasteiger charge is 2.27. The molecule has 2 amide bonds. The Balaban J connectivity index is 1.58. The minimum atomic E-state index is -0.125. The van der Waals surface area contributed by atoms with Crippen molar-refractivity contribution < 1.29 is 9.59 Å². The maximum atomic E-state index is 12.4. The van der Waals surface area contributed by atoms with Crippen LogP contribution in [0.25, 0.3) is 10.8 Å². The highest BCUT2D eigenvalue weighted by atomic mass is 16.2. The Bertz CT molecular complexity index is 769. The van der Waals surface area contributed by atoms with Crippen molar-refractivity contribution in [2.24, 2.45) is 0 Å². The van der Waals surface area contributed by atoms with Crippen molar-refractivity contribution in [3.63, 3.8) is 0 Å². The lowest BCUT2D eigenvalue weighted by atomic mass is 10.0. The monoisotopic (exact) mass is 339 g/mol. The van der Waals surface area contributed by atoms with Crippen LogP contribution in [-0.4, -0.2) is 48.4 Å². The smallest absolute Gasteiger partial charge is 0.242 e. The predicted molar refractivity (Wildman–Crippen MR) is 99.3 cm³/mol. The first-order valence-corrected chi connectivity index (χ1v) is 8.82. The maximum Gasteiger partial charge on any atom is 0.242 e. The van der Waals surface area contributed by atoms with Gasteiger partial charge in [-0.05, 0) is 30.2 Å². The molecule has 2 aromatic rings. The van der Waals surface area contributed by atoms with Crippen molar-refractivity contribution in [3.05, 3.63) is 48.0 Å². The van der Waals surface area contributed by atoms with Gasteiger partial charge in [-0.15, -0.1) is 0 Å². The van der Waals surface area contributed by atoms with Gasteiger partial charge >= 0.3 is 0 Å². The molecule has 2 aromatic carbocycles. The third kappa shape index (κ3) is 3.99. The molecule has 1 aliphatic rings. The van der Waals surface area contributed by atoms with Crippen LogP contribution in [0.4, 0.5) is 0 Å². The molecule has 1 saturated heterocycles. The largest absolute Gasteiger partial charge is 0.347 e. The SMILES string of the molecule is CC1NCCN(C(=O)CNC(=O)Cc2cccc3ccccc23)C1C. The third-order valence-corrected chi connectivity index (χ3v) is 5.02. The van der Waals surface area contributed by atoms with Crippen molar-refractivity contribution >= 4 is 22.6 Å². The van der Waals surface area contributed by atoms with Crippen LogP contribution in [-0.2, 0) is 16.0 Å². The summed E-state index contributed by atoms with van der Waals surface area (Å²) in [6, 6.07) is 14.4. The van der Waals surface area contributed by atoms with Gasteiger partial charge in [0.2, 0.25) is 11.8 Å². The van der Waals surface area contributed by atoms with Gasteiger partial charge < -0.3 is 15.5 Å². The van der Waals surface area contributed by atoms with E-state index >= 15 is 0 Å². The minimum Gasteiger partial charge on any atom is -0.347 e. The van der Waals surface area contributed by atoms with Crippen molar-refractivity contribution in [1.82, 2.24) is 15.5 Å². The fourth-order valence-corrected chi connectivity index (χ4v) is 3.37. The number of piperazine rings is 1. The van der Waals surface area contributed by atoms with E-state index in [0.29, 0.717) is 6.54 Å². The maximum absolute atomic E-state index is 12.4. The molecule has 1 fully saturated rings. The van der Waals surface area contributed by atoms with Crippen LogP contribution < -0.4 is 10.6 Å². The van der Waals surface area contributed by atoms with Crippen LogP contribution in [0.1, 0.15) is 19.4 Å². The predicted octanol–water partition coefficient (Wildman–Crippen LogP) is 1.71. The quantitative estimate of drug-likeness (QED) is 0.891. The summed E-state index contributed by atoms with van der Waals surface area (Å²) in [5.74, 6) is -0.146. The molecule has 1 heterocycles. The number of hydrogen-bond donors (Lipinski definition) is 2.